The van der Waals surface area contributed by atoms with Gasteiger partial charge in [-0.3, -0.25) is 0 Å². The zero-order valence-corrected chi connectivity index (χ0v) is 12.4. The molecule has 3 rings (SSSR count). The molecule has 0 bridgehead atoms. The van der Waals surface area contributed by atoms with Gasteiger partial charge in [-0.15, -0.1) is 0 Å². The van der Waals surface area contributed by atoms with Crippen LogP contribution < -0.4 is 5.32 Å². The monoisotopic (exact) mass is 272 g/mol. The minimum Gasteiger partial charge on any atom is -0.375 e. The number of nitrogens with one attached hydrogen (secondary N) is 2. The molecule has 1 aliphatic heterocycles. The number of aromatic amines is 1. The Morgan fingerprint density at radius 2 is 1.95 bits per heavy atom. The topological polar surface area (TPSA) is 37.0 Å². The summed E-state index contributed by atoms with van der Waals surface area (Å²) in [6.45, 7) is 5.37. The number of para-hydroxylation sites is 1. The van der Waals surface area contributed by atoms with Crippen molar-refractivity contribution in [3.63, 3.8) is 0 Å². The number of H-pyrrole nitrogens is 1. The standard InChI is InChI=1S/C17H24N2O/c1-12-9-15(10-13(2)20-12)18-8-7-14-11-19-17-6-4-3-5-16(14)17/h3-6,11-13,15,18-19H,7-10H2,1-2H3. The fourth-order valence-electron chi connectivity index (χ4n) is 3.32. The van der Waals surface area contributed by atoms with Crippen LogP contribution >= 0.6 is 0 Å². The second-order valence-corrected chi connectivity index (χ2v) is 5.99. The molecule has 3 heteroatoms. The van der Waals surface area contributed by atoms with E-state index in [2.05, 4.69) is 54.6 Å². The minimum absolute atomic E-state index is 0.379. The Hall–Kier alpha value is -1.32. The molecule has 0 saturated carbocycles. The Morgan fingerprint density at radius 1 is 1.20 bits per heavy atom. The van der Waals surface area contributed by atoms with Crippen LogP contribution in [0.3, 0.4) is 0 Å². The maximum atomic E-state index is 5.78. The second-order valence-electron chi connectivity index (χ2n) is 5.99. The third-order valence-electron chi connectivity index (χ3n) is 4.20. The first-order valence-corrected chi connectivity index (χ1v) is 7.66. The highest BCUT2D eigenvalue weighted by Crippen LogP contribution is 2.20. The van der Waals surface area contributed by atoms with Crippen LogP contribution in [0.15, 0.2) is 30.5 Å². The van der Waals surface area contributed by atoms with Crippen molar-refractivity contribution in [2.24, 2.45) is 0 Å². The highest BCUT2D eigenvalue weighted by Gasteiger charge is 2.23. The normalized spacial score (nSPS) is 27.0. The molecule has 0 aliphatic carbocycles. The van der Waals surface area contributed by atoms with Crippen molar-refractivity contribution in [1.29, 1.82) is 0 Å². The molecule has 1 saturated heterocycles. The molecular weight excluding hydrogens is 248 g/mol. The summed E-state index contributed by atoms with van der Waals surface area (Å²) in [7, 11) is 0. The van der Waals surface area contributed by atoms with E-state index in [0.29, 0.717) is 18.2 Å². The Bertz CT molecular complexity index is 553. The van der Waals surface area contributed by atoms with E-state index in [0.717, 1.165) is 25.8 Å². The number of ether oxygens (including phenoxy) is 1. The molecule has 1 aromatic heterocycles. The third-order valence-corrected chi connectivity index (χ3v) is 4.20. The fourth-order valence-corrected chi connectivity index (χ4v) is 3.32. The predicted octanol–water partition coefficient (Wildman–Crippen LogP) is 3.26. The van der Waals surface area contributed by atoms with Crippen molar-refractivity contribution >= 4 is 10.9 Å². The van der Waals surface area contributed by atoms with Gasteiger partial charge in [0.25, 0.3) is 0 Å². The van der Waals surface area contributed by atoms with Crippen molar-refractivity contribution in [3.8, 4) is 0 Å². The summed E-state index contributed by atoms with van der Waals surface area (Å²) in [5.74, 6) is 0. The Kier molecular flexibility index (Phi) is 4.08. The van der Waals surface area contributed by atoms with Gasteiger partial charge < -0.3 is 15.0 Å². The first-order valence-electron chi connectivity index (χ1n) is 7.66. The van der Waals surface area contributed by atoms with E-state index in [1.165, 1.54) is 16.5 Å². The quantitative estimate of drug-likeness (QED) is 0.896. The highest BCUT2D eigenvalue weighted by molar-refractivity contribution is 5.83. The molecule has 2 heterocycles. The Balaban J connectivity index is 1.55. The molecule has 1 fully saturated rings. The first kappa shape index (κ1) is 13.7. The van der Waals surface area contributed by atoms with Crippen LogP contribution in [0.25, 0.3) is 10.9 Å². The van der Waals surface area contributed by atoms with Crippen LogP contribution in [0.4, 0.5) is 0 Å². The zero-order chi connectivity index (χ0) is 13.9. The molecule has 3 nitrogen and oxygen atoms in total. The van der Waals surface area contributed by atoms with Crippen LogP contribution in [0, 0.1) is 0 Å². The largest absolute Gasteiger partial charge is 0.375 e. The fraction of sp³-hybridized carbons (Fsp3) is 0.529. The first-order chi connectivity index (χ1) is 9.72. The van der Waals surface area contributed by atoms with Crippen LogP contribution in [0.5, 0.6) is 0 Å². The summed E-state index contributed by atoms with van der Waals surface area (Å²) < 4.78 is 5.78. The Labute approximate surface area is 120 Å². The van der Waals surface area contributed by atoms with Gasteiger partial charge in [-0.2, -0.15) is 0 Å². The molecule has 2 unspecified atom stereocenters. The van der Waals surface area contributed by atoms with E-state index in [1.807, 2.05) is 0 Å². The van der Waals surface area contributed by atoms with Gasteiger partial charge in [-0.25, -0.2) is 0 Å². The van der Waals surface area contributed by atoms with Crippen molar-refractivity contribution in [1.82, 2.24) is 10.3 Å². The van der Waals surface area contributed by atoms with Crippen LogP contribution in [-0.2, 0) is 11.2 Å². The van der Waals surface area contributed by atoms with Gasteiger partial charge in [0, 0.05) is 23.1 Å². The molecule has 1 aromatic carbocycles. The maximum absolute atomic E-state index is 5.78. The van der Waals surface area contributed by atoms with Gasteiger partial charge in [0.15, 0.2) is 0 Å². The molecule has 2 N–H and O–H groups in total. The Morgan fingerprint density at radius 3 is 2.75 bits per heavy atom. The molecule has 1 aliphatic rings. The van der Waals surface area contributed by atoms with E-state index in [4.69, 9.17) is 4.74 Å². The second kappa shape index (κ2) is 5.98. The SMILES string of the molecule is CC1CC(NCCc2c[nH]c3ccccc23)CC(C)O1. The van der Waals surface area contributed by atoms with Gasteiger partial charge >= 0.3 is 0 Å². The number of benzene rings is 1. The van der Waals surface area contributed by atoms with Crippen molar-refractivity contribution < 1.29 is 4.74 Å². The lowest BCUT2D eigenvalue weighted by Crippen LogP contribution is -2.41. The van der Waals surface area contributed by atoms with Crippen molar-refractivity contribution in [2.75, 3.05) is 6.54 Å². The van der Waals surface area contributed by atoms with E-state index in [-0.39, 0.29) is 0 Å². The number of rotatable bonds is 4. The van der Waals surface area contributed by atoms with E-state index >= 15 is 0 Å². The van der Waals surface area contributed by atoms with Gasteiger partial charge in [-0.1, -0.05) is 18.2 Å². The number of hydrogen-bond acceptors (Lipinski definition) is 2. The van der Waals surface area contributed by atoms with Gasteiger partial charge in [0.05, 0.1) is 12.2 Å². The van der Waals surface area contributed by atoms with Gasteiger partial charge in [-0.05, 0) is 51.3 Å². The molecule has 2 atom stereocenters. The van der Waals surface area contributed by atoms with Crippen molar-refractivity contribution in [2.45, 2.75) is 51.4 Å². The summed E-state index contributed by atoms with van der Waals surface area (Å²) in [6, 6.07) is 9.10. The molecule has 0 radical (unpaired) electrons. The molecule has 20 heavy (non-hydrogen) atoms. The van der Waals surface area contributed by atoms with Crippen LogP contribution in [0.2, 0.25) is 0 Å². The van der Waals surface area contributed by atoms with Crippen LogP contribution in [0.1, 0.15) is 32.3 Å². The lowest BCUT2D eigenvalue weighted by Gasteiger charge is -2.32. The molecule has 2 aromatic rings. The summed E-state index contributed by atoms with van der Waals surface area (Å²) >= 11 is 0. The lowest BCUT2D eigenvalue weighted by atomic mass is 9.99. The average Bonchev–Trinajstić information content (AvgIpc) is 2.81. The predicted molar refractivity (Wildman–Crippen MR) is 83.0 cm³/mol. The van der Waals surface area contributed by atoms with Crippen molar-refractivity contribution in [3.05, 3.63) is 36.0 Å². The van der Waals surface area contributed by atoms with E-state index in [9.17, 15) is 0 Å². The smallest absolute Gasteiger partial charge is 0.0565 e. The number of aromatic nitrogens is 1. The molecule has 0 spiro atoms. The minimum atomic E-state index is 0.379. The third kappa shape index (κ3) is 3.05. The zero-order valence-electron chi connectivity index (χ0n) is 12.4. The number of fused-ring (bicyclic) bond motifs is 1. The molecule has 108 valence electrons. The molecule has 0 amide bonds. The van der Waals surface area contributed by atoms with Gasteiger partial charge in [0.1, 0.15) is 0 Å². The molecular formula is C17H24N2O. The maximum Gasteiger partial charge on any atom is 0.0565 e. The summed E-state index contributed by atoms with van der Waals surface area (Å²) in [4.78, 5) is 3.34. The average molecular weight is 272 g/mol. The summed E-state index contributed by atoms with van der Waals surface area (Å²) in [5.41, 5.74) is 2.64. The lowest BCUT2D eigenvalue weighted by molar-refractivity contribution is -0.0419. The van der Waals surface area contributed by atoms with Gasteiger partial charge in [0.2, 0.25) is 0 Å². The summed E-state index contributed by atoms with van der Waals surface area (Å²) in [5, 5.41) is 5.04. The van der Waals surface area contributed by atoms with E-state index in [1.54, 1.807) is 0 Å². The van der Waals surface area contributed by atoms with Crippen LogP contribution in [-0.4, -0.2) is 29.8 Å². The highest BCUT2D eigenvalue weighted by atomic mass is 16.5. The summed E-state index contributed by atoms with van der Waals surface area (Å²) in [6.07, 6.45) is 6.22. The van der Waals surface area contributed by atoms with E-state index < -0.39 is 0 Å². The number of hydrogen-bond donors (Lipinski definition) is 2.